The first-order chi connectivity index (χ1) is 20.5. The van der Waals surface area contributed by atoms with Gasteiger partial charge in [0.2, 0.25) is 11.7 Å². The van der Waals surface area contributed by atoms with E-state index in [9.17, 15) is 44.7 Å². The molecule has 1 aliphatic heterocycles. The maximum atomic E-state index is 13.7. The summed E-state index contributed by atoms with van der Waals surface area (Å²) >= 11 is 1.87. The lowest BCUT2D eigenvalue weighted by Crippen LogP contribution is -2.55. The number of carbonyl (C=O) groups is 4. The zero-order valence-electron chi connectivity index (χ0n) is 23.3. The molecule has 2 aromatic rings. The first-order valence-electron chi connectivity index (χ1n) is 13.4. The number of ketones is 3. The van der Waals surface area contributed by atoms with Gasteiger partial charge in [0.25, 0.3) is 0 Å². The maximum Gasteiger partial charge on any atom is 0.230 e. The summed E-state index contributed by atoms with van der Waals surface area (Å²) in [6.45, 7) is -0.112. The van der Waals surface area contributed by atoms with Crippen LogP contribution in [0, 0.1) is 0 Å². The van der Waals surface area contributed by atoms with Crippen LogP contribution in [0.1, 0.15) is 75.3 Å². The Balaban J connectivity index is 1.83. The fraction of sp³-hybridized carbons (Fsp3) is 0.448. The summed E-state index contributed by atoms with van der Waals surface area (Å²) in [5.74, 6) is -3.95. The molecule has 14 heteroatoms. The van der Waals surface area contributed by atoms with Crippen LogP contribution >= 0.6 is 22.6 Å². The number of phenols is 2. The van der Waals surface area contributed by atoms with Crippen LogP contribution in [0.3, 0.4) is 0 Å². The van der Waals surface area contributed by atoms with Crippen LogP contribution in [-0.2, 0) is 25.7 Å². The molecule has 1 aliphatic carbocycles. The normalized spacial score (nSPS) is 22.0. The van der Waals surface area contributed by atoms with Crippen molar-refractivity contribution in [2.75, 3.05) is 18.1 Å². The number of aromatic hydroxyl groups is 2. The lowest BCUT2D eigenvalue weighted by Gasteiger charge is -2.39. The number of halogens is 1. The number of rotatable bonds is 11. The zero-order valence-corrected chi connectivity index (χ0v) is 25.5. The fourth-order valence-corrected chi connectivity index (χ4v) is 5.71. The monoisotopic (exact) mass is 713 g/mol. The van der Waals surface area contributed by atoms with Gasteiger partial charge in [0, 0.05) is 29.5 Å². The molecule has 4 rings (SSSR count). The number of alkyl halides is 1. The molecular weight excluding hydrogens is 681 g/mol. The van der Waals surface area contributed by atoms with Gasteiger partial charge in [0.15, 0.2) is 17.9 Å². The van der Waals surface area contributed by atoms with Gasteiger partial charge in [-0.2, -0.15) is 0 Å². The van der Waals surface area contributed by atoms with E-state index in [0.29, 0.717) is 0 Å². The van der Waals surface area contributed by atoms with Crippen molar-refractivity contribution in [3.63, 3.8) is 0 Å². The molecule has 2 aliphatic rings. The topological polar surface area (TPSA) is 209 Å². The van der Waals surface area contributed by atoms with Gasteiger partial charge < -0.3 is 45.1 Å². The number of ether oxygens (including phenoxy) is 3. The average molecular weight is 713 g/mol. The van der Waals surface area contributed by atoms with Crippen LogP contribution in [0.15, 0.2) is 18.2 Å². The van der Waals surface area contributed by atoms with Crippen molar-refractivity contribution in [2.24, 2.45) is 0 Å². The fourth-order valence-electron chi connectivity index (χ4n) is 5.49. The predicted molar refractivity (Wildman–Crippen MR) is 156 cm³/mol. The Bertz CT molecular complexity index is 1440. The number of nitrogens with one attached hydrogen (secondary N) is 1. The van der Waals surface area contributed by atoms with E-state index in [-0.39, 0.29) is 57.6 Å². The van der Waals surface area contributed by atoms with Crippen LogP contribution < -0.4 is 10.1 Å². The molecule has 5 atom stereocenters. The van der Waals surface area contributed by atoms with Gasteiger partial charge in [-0.1, -0.05) is 34.7 Å². The van der Waals surface area contributed by atoms with E-state index in [1.54, 1.807) is 6.92 Å². The first kappa shape index (κ1) is 32.8. The second-order valence-electron chi connectivity index (χ2n) is 10.2. The third-order valence-corrected chi connectivity index (χ3v) is 8.29. The summed E-state index contributed by atoms with van der Waals surface area (Å²) in [6, 6.07) is 3.55. The van der Waals surface area contributed by atoms with Crippen molar-refractivity contribution in [1.29, 1.82) is 0 Å². The van der Waals surface area contributed by atoms with Crippen LogP contribution in [-0.4, -0.2) is 91.5 Å². The molecule has 0 bridgehead atoms. The minimum Gasteiger partial charge on any atom is -0.507 e. The Morgan fingerprint density at radius 2 is 1.81 bits per heavy atom. The highest BCUT2D eigenvalue weighted by Crippen LogP contribution is 2.48. The smallest absolute Gasteiger partial charge is 0.230 e. The summed E-state index contributed by atoms with van der Waals surface area (Å²) in [4.78, 5) is 51.4. The molecule has 1 unspecified atom stereocenters. The lowest BCUT2D eigenvalue weighted by atomic mass is 9.79. The largest absolute Gasteiger partial charge is 0.507 e. The number of benzene rings is 2. The van der Waals surface area contributed by atoms with Crippen molar-refractivity contribution in [1.82, 2.24) is 5.32 Å². The summed E-state index contributed by atoms with van der Waals surface area (Å²) in [5.41, 5.74) is -1.81. The lowest BCUT2D eigenvalue weighted by molar-refractivity contribution is -0.244. The van der Waals surface area contributed by atoms with Crippen LogP contribution in [0.4, 0.5) is 0 Å². The number of amides is 1. The Morgan fingerprint density at radius 3 is 2.44 bits per heavy atom. The highest BCUT2D eigenvalue weighted by molar-refractivity contribution is 14.1. The molecule has 0 spiro atoms. The predicted octanol–water partition coefficient (Wildman–Crippen LogP) is 1.19. The Morgan fingerprint density at radius 1 is 1.12 bits per heavy atom. The third kappa shape index (κ3) is 6.25. The van der Waals surface area contributed by atoms with Gasteiger partial charge in [-0.25, -0.2) is 0 Å². The number of carbonyl (C=O) groups excluding carboxylic acids is 4. The molecule has 232 valence electrons. The molecule has 6 N–H and O–H groups in total. The molecule has 1 heterocycles. The number of hydrogen-bond donors (Lipinski definition) is 6. The Labute approximate surface area is 259 Å². The minimum absolute atomic E-state index is 0.0491. The van der Waals surface area contributed by atoms with E-state index in [4.69, 9.17) is 14.2 Å². The first-order valence-corrected chi connectivity index (χ1v) is 15.0. The van der Waals surface area contributed by atoms with Crippen LogP contribution in [0.2, 0.25) is 0 Å². The summed E-state index contributed by atoms with van der Waals surface area (Å²) in [7, 11) is 1.31. The highest BCUT2D eigenvalue weighted by Gasteiger charge is 2.42. The Kier molecular flexibility index (Phi) is 10.4. The molecule has 2 aromatic carbocycles. The molecule has 0 radical (unpaired) electrons. The number of hydrogen-bond acceptors (Lipinski definition) is 12. The number of aliphatic hydroxyl groups excluding tert-OH is 3. The van der Waals surface area contributed by atoms with Crippen LogP contribution in [0.5, 0.6) is 17.2 Å². The van der Waals surface area contributed by atoms with Crippen molar-refractivity contribution in [3.8, 4) is 17.2 Å². The molecule has 1 saturated heterocycles. The summed E-state index contributed by atoms with van der Waals surface area (Å²) in [5, 5.41) is 55.7. The summed E-state index contributed by atoms with van der Waals surface area (Å²) < 4.78 is 17.4. The number of methoxy groups -OCH3 is 1. The maximum absolute atomic E-state index is 13.7. The third-order valence-electron chi connectivity index (χ3n) is 7.59. The van der Waals surface area contributed by atoms with Gasteiger partial charge in [0.1, 0.15) is 30.0 Å². The zero-order chi connectivity index (χ0) is 31.6. The number of fused-ring (bicyclic) bond motifs is 2. The molecule has 13 nitrogen and oxygen atoms in total. The Hall–Kier alpha value is -3.15. The molecule has 43 heavy (non-hydrogen) atoms. The van der Waals surface area contributed by atoms with E-state index in [1.165, 1.54) is 25.3 Å². The summed E-state index contributed by atoms with van der Waals surface area (Å²) in [6.07, 6.45) is -4.88. The van der Waals surface area contributed by atoms with Gasteiger partial charge in [-0.05, 0) is 19.4 Å². The standard InChI is InChI=1S/C29H32INO12/c1-12-25(36)16(31-19(35)9-30)8-20(42-12)43-18(7-6-13(34)10-32)22-15(11-33)27(38)23-24(29(22)40)28(39)21-14(26(23)37)4-3-5-17(21)41-2/h3-5,12,16,18,20,25,32-33,36,38,40H,6-11H2,1-2H3,(H,31,35)/t12-,16-,18-,20-,25?/m0/s1. The van der Waals surface area contributed by atoms with E-state index in [0.717, 1.165) is 0 Å². The van der Waals surface area contributed by atoms with Gasteiger partial charge in [-0.3, -0.25) is 19.2 Å². The highest BCUT2D eigenvalue weighted by atomic mass is 127. The number of Topliss-reactive ketones (excluding diaryl/α,β-unsaturated/α-hetero) is 1. The number of phenolic OH excluding ortho intramolecular Hbond substituents is 1. The quantitative estimate of drug-likeness (QED) is 0.0941. The SMILES string of the molecule is COc1cccc2c1C(=O)c1c(O)c([C@H](CCC(=O)CO)O[C@H]3C[C@H](NC(=O)CI)C(O)[C@H](C)O3)c(CO)c(O)c1C2=O. The second-order valence-corrected chi connectivity index (χ2v) is 11.0. The van der Waals surface area contributed by atoms with Crippen molar-refractivity contribution in [3.05, 3.63) is 51.6 Å². The molecular formula is C29H32INO12. The second kappa shape index (κ2) is 13.7. The minimum atomic E-state index is -1.33. The van der Waals surface area contributed by atoms with Crippen molar-refractivity contribution in [2.45, 2.75) is 63.4 Å². The molecule has 1 fully saturated rings. The van der Waals surface area contributed by atoms with E-state index >= 15 is 0 Å². The van der Waals surface area contributed by atoms with Crippen LogP contribution in [0.25, 0.3) is 0 Å². The van der Waals surface area contributed by atoms with E-state index in [2.05, 4.69) is 5.32 Å². The van der Waals surface area contributed by atoms with Crippen molar-refractivity contribution < 1.29 is 58.9 Å². The molecule has 0 saturated carbocycles. The van der Waals surface area contributed by atoms with Gasteiger partial charge >= 0.3 is 0 Å². The van der Waals surface area contributed by atoms with E-state index < -0.39 is 83.8 Å². The molecule has 1 amide bonds. The van der Waals surface area contributed by atoms with Crippen molar-refractivity contribution >= 4 is 45.8 Å². The van der Waals surface area contributed by atoms with Gasteiger partial charge in [-0.15, -0.1) is 0 Å². The van der Waals surface area contributed by atoms with E-state index in [1.807, 2.05) is 22.6 Å². The molecule has 0 aromatic heterocycles. The van der Waals surface area contributed by atoms with Gasteiger partial charge in [0.05, 0.1) is 53.1 Å². The average Bonchev–Trinajstić information content (AvgIpc) is 3.00. The number of aliphatic hydroxyl groups is 3.